The first-order valence-electron chi connectivity index (χ1n) is 10.2. The van der Waals surface area contributed by atoms with E-state index in [4.69, 9.17) is 4.74 Å². The predicted molar refractivity (Wildman–Crippen MR) is 117 cm³/mol. The number of anilines is 1. The van der Waals surface area contributed by atoms with Crippen molar-refractivity contribution in [3.05, 3.63) is 53.9 Å². The second-order valence-electron chi connectivity index (χ2n) is 7.52. The number of hydrogen-bond acceptors (Lipinski definition) is 5. The number of nitrogens with one attached hydrogen (secondary N) is 2. The fraction of sp³-hybridized carbons (Fsp3) is 0.409. The van der Waals surface area contributed by atoms with Crippen LogP contribution in [0, 0.1) is 0 Å². The number of hydrogen-bond donors (Lipinski definition) is 2. The highest BCUT2D eigenvalue weighted by Crippen LogP contribution is 2.35. The van der Waals surface area contributed by atoms with Gasteiger partial charge in [-0.05, 0) is 63.5 Å². The number of amides is 2. The van der Waals surface area contributed by atoms with Gasteiger partial charge in [-0.1, -0.05) is 12.1 Å². The second-order valence-corrected chi connectivity index (χ2v) is 7.52. The third-order valence-corrected chi connectivity index (χ3v) is 5.47. The fourth-order valence-corrected chi connectivity index (χ4v) is 3.90. The van der Waals surface area contributed by atoms with Gasteiger partial charge < -0.3 is 20.3 Å². The van der Waals surface area contributed by atoms with E-state index in [2.05, 4.69) is 15.6 Å². The Balaban J connectivity index is 0.00000256. The van der Waals surface area contributed by atoms with E-state index in [0.29, 0.717) is 23.5 Å². The molecule has 2 aromatic rings. The van der Waals surface area contributed by atoms with Gasteiger partial charge in [-0.2, -0.15) is 0 Å². The van der Waals surface area contributed by atoms with E-state index in [1.807, 2.05) is 23.1 Å². The maximum absolute atomic E-state index is 13.7. The van der Waals surface area contributed by atoms with E-state index in [9.17, 15) is 9.59 Å². The number of carbonyl (C=O) groups excluding carboxylic acids is 2. The Bertz CT molecular complexity index is 885. The normalized spacial score (nSPS) is 20.6. The minimum Gasteiger partial charge on any atom is -0.478 e. The Morgan fingerprint density at radius 2 is 2.07 bits per heavy atom. The quantitative estimate of drug-likeness (QED) is 0.779. The molecule has 0 bridgehead atoms. The molecule has 2 amide bonds. The van der Waals surface area contributed by atoms with Crippen LogP contribution in [0.5, 0.6) is 5.75 Å². The van der Waals surface area contributed by atoms with Gasteiger partial charge >= 0.3 is 0 Å². The Kier molecular flexibility index (Phi) is 7.29. The molecule has 2 atom stereocenters. The number of rotatable bonds is 4. The lowest BCUT2D eigenvalue weighted by atomic mass is 10.0. The maximum Gasteiger partial charge on any atom is 0.265 e. The summed E-state index contributed by atoms with van der Waals surface area (Å²) in [6.45, 7) is 3.97. The average Bonchev–Trinajstić information content (AvgIpc) is 3.02. The van der Waals surface area contributed by atoms with Crippen LogP contribution in [0.1, 0.15) is 42.2 Å². The highest BCUT2D eigenvalue weighted by Gasteiger charge is 2.32. The van der Waals surface area contributed by atoms with E-state index >= 15 is 0 Å². The fourth-order valence-electron chi connectivity index (χ4n) is 3.90. The lowest BCUT2D eigenvalue weighted by Crippen LogP contribution is -2.41. The van der Waals surface area contributed by atoms with Crippen molar-refractivity contribution in [3.63, 3.8) is 0 Å². The summed E-state index contributed by atoms with van der Waals surface area (Å²) in [6.07, 6.45) is 3.96. The van der Waals surface area contributed by atoms with Crippen LogP contribution in [0.15, 0.2) is 42.6 Å². The van der Waals surface area contributed by atoms with Crippen molar-refractivity contribution in [1.29, 1.82) is 0 Å². The van der Waals surface area contributed by atoms with Gasteiger partial charge in [0.2, 0.25) is 0 Å². The van der Waals surface area contributed by atoms with Crippen molar-refractivity contribution in [3.8, 4) is 5.75 Å². The zero-order valence-electron chi connectivity index (χ0n) is 17.0. The first-order valence-corrected chi connectivity index (χ1v) is 10.2. The largest absolute Gasteiger partial charge is 0.478 e. The van der Waals surface area contributed by atoms with Gasteiger partial charge in [0.1, 0.15) is 0 Å². The molecule has 0 spiro atoms. The van der Waals surface area contributed by atoms with E-state index in [0.717, 1.165) is 38.0 Å². The van der Waals surface area contributed by atoms with Crippen molar-refractivity contribution < 1.29 is 14.3 Å². The number of carbonyl (C=O) groups is 2. The van der Waals surface area contributed by atoms with Gasteiger partial charge in [0.05, 0.1) is 23.5 Å². The molecule has 0 radical (unpaired) electrons. The van der Waals surface area contributed by atoms with Gasteiger partial charge in [0, 0.05) is 12.2 Å². The Morgan fingerprint density at radius 3 is 2.87 bits per heavy atom. The molecule has 1 fully saturated rings. The topological polar surface area (TPSA) is 83.6 Å². The molecule has 2 unspecified atom stereocenters. The molecular weight excluding hydrogens is 404 g/mol. The summed E-state index contributed by atoms with van der Waals surface area (Å²) < 4.78 is 5.82. The standard InChI is InChI=1S/C22H26N4O3.ClH/c1-15-21(27)25-19-9-4-8-18(20(19)29-15)22(28)26(14-16-6-2-3-12-24-16)17-7-5-11-23-13-10-17;/h2-4,6,8-9,12,15,17,23H,5,7,10-11,13-14H2,1H3,(H,25,27);1H. The number of halogens is 1. The van der Waals surface area contributed by atoms with Crippen LogP contribution in [0.2, 0.25) is 0 Å². The lowest BCUT2D eigenvalue weighted by Gasteiger charge is -2.33. The third kappa shape index (κ3) is 4.74. The van der Waals surface area contributed by atoms with E-state index in [1.165, 1.54) is 0 Å². The number of fused-ring (bicyclic) bond motifs is 1. The smallest absolute Gasteiger partial charge is 0.265 e. The summed E-state index contributed by atoms with van der Waals surface area (Å²) in [5, 5.41) is 6.24. The molecule has 0 saturated carbocycles. The third-order valence-electron chi connectivity index (χ3n) is 5.47. The van der Waals surface area contributed by atoms with Crippen LogP contribution in [0.4, 0.5) is 5.69 Å². The first kappa shape index (κ1) is 22.1. The Morgan fingerprint density at radius 1 is 1.20 bits per heavy atom. The van der Waals surface area contributed by atoms with Crippen molar-refractivity contribution in [2.45, 2.75) is 44.9 Å². The highest BCUT2D eigenvalue weighted by atomic mass is 35.5. The number of nitrogens with zero attached hydrogens (tertiary/aromatic N) is 2. The molecule has 30 heavy (non-hydrogen) atoms. The molecule has 0 aliphatic carbocycles. The van der Waals surface area contributed by atoms with E-state index in [1.54, 1.807) is 31.3 Å². The monoisotopic (exact) mass is 430 g/mol. The second kappa shape index (κ2) is 9.91. The van der Waals surface area contributed by atoms with Gasteiger partial charge in [0.25, 0.3) is 11.8 Å². The van der Waals surface area contributed by atoms with Crippen LogP contribution >= 0.6 is 12.4 Å². The minimum absolute atomic E-state index is 0. The van der Waals surface area contributed by atoms with Crippen molar-refractivity contribution in [2.75, 3.05) is 18.4 Å². The van der Waals surface area contributed by atoms with E-state index < -0.39 is 6.10 Å². The van der Waals surface area contributed by atoms with Gasteiger partial charge in [-0.3, -0.25) is 14.6 Å². The molecular formula is C22H27ClN4O3. The number of ether oxygens (including phenoxy) is 1. The molecule has 160 valence electrons. The molecule has 1 aromatic heterocycles. The van der Waals surface area contributed by atoms with Crippen LogP contribution in [0.25, 0.3) is 0 Å². The highest BCUT2D eigenvalue weighted by molar-refractivity contribution is 6.04. The summed E-state index contributed by atoms with van der Waals surface area (Å²) in [5.74, 6) is 0.146. The zero-order valence-corrected chi connectivity index (χ0v) is 17.8. The maximum atomic E-state index is 13.7. The van der Waals surface area contributed by atoms with Gasteiger partial charge in [-0.15, -0.1) is 12.4 Å². The first-order chi connectivity index (χ1) is 14.1. The molecule has 8 heteroatoms. The van der Waals surface area contributed by atoms with Gasteiger partial charge in [0.15, 0.2) is 11.9 Å². The van der Waals surface area contributed by atoms with Crippen LogP contribution in [-0.2, 0) is 11.3 Å². The SMILES string of the molecule is CC1Oc2c(cccc2C(=O)N(Cc2ccccn2)C2CCCNCC2)NC1=O.Cl. The van der Waals surface area contributed by atoms with Crippen molar-refractivity contribution in [1.82, 2.24) is 15.2 Å². The number of benzene rings is 1. The Labute approximate surface area is 182 Å². The number of aromatic nitrogens is 1. The number of pyridine rings is 1. The number of para-hydroxylation sites is 1. The summed E-state index contributed by atoms with van der Waals surface area (Å²) in [4.78, 5) is 32.0. The molecule has 2 aliphatic heterocycles. The molecule has 4 rings (SSSR count). The van der Waals surface area contributed by atoms with E-state index in [-0.39, 0.29) is 30.3 Å². The van der Waals surface area contributed by atoms with Crippen molar-refractivity contribution in [2.24, 2.45) is 0 Å². The predicted octanol–water partition coefficient (Wildman–Crippen LogP) is 3.01. The molecule has 2 N–H and O–H groups in total. The molecule has 7 nitrogen and oxygen atoms in total. The minimum atomic E-state index is -0.636. The van der Waals surface area contributed by atoms with Crippen LogP contribution in [0.3, 0.4) is 0 Å². The molecule has 1 saturated heterocycles. The molecule has 1 aromatic carbocycles. The molecule has 2 aliphatic rings. The summed E-state index contributed by atoms with van der Waals surface area (Å²) >= 11 is 0. The van der Waals surface area contributed by atoms with Crippen LogP contribution < -0.4 is 15.4 Å². The average molecular weight is 431 g/mol. The van der Waals surface area contributed by atoms with Gasteiger partial charge in [-0.25, -0.2) is 0 Å². The summed E-state index contributed by atoms with van der Waals surface area (Å²) in [6, 6.07) is 11.2. The Hall–Kier alpha value is -2.64. The summed E-state index contributed by atoms with van der Waals surface area (Å²) in [5.41, 5.74) is 1.87. The van der Waals surface area contributed by atoms with Crippen molar-refractivity contribution >= 4 is 29.9 Å². The lowest BCUT2D eigenvalue weighted by molar-refractivity contribution is -0.122. The van der Waals surface area contributed by atoms with Crippen LogP contribution in [-0.4, -0.2) is 46.9 Å². The summed E-state index contributed by atoms with van der Waals surface area (Å²) in [7, 11) is 0. The zero-order chi connectivity index (χ0) is 20.2. The molecule has 3 heterocycles.